The van der Waals surface area contributed by atoms with Crippen molar-refractivity contribution in [2.45, 2.75) is 6.04 Å². The van der Waals surface area contributed by atoms with E-state index in [2.05, 4.69) is 15.3 Å². The molecule has 0 saturated heterocycles. The number of rotatable bonds is 5. The summed E-state index contributed by atoms with van der Waals surface area (Å²) in [6.45, 7) is 0.439. The van der Waals surface area contributed by atoms with Crippen molar-refractivity contribution < 1.29 is 4.79 Å². The van der Waals surface area contributed by atoms with Gasteiger partial charge in [0, 0.05) is 19.0 Å². The summed E-state index contributed by atoms with van der Waals surface area (Å²) in [5.41, 5.74) is 1.16. The molecule has 6 heteroatoms. The van der Waals surface area contributed by atoms with E-state index in [1.54, 1.807) is 31.3 Å². The highest BCUT2D eigenvalue weighted by atomic mass is 16.2. The van der Waals surface area contributed by atoms with Crippen molar-refractivity contribution >= 4 is 16.7 Å². The van der Waals surface area contributed by atoms with Crippen LogP contribution in [0.1, 0.15) is 22.1 Å². The number of nitrogens with zero attached hydrogens (tertiary/aromatic N) is 3. The van der Waals surface area contributed by atoms with Crippen molar-refractivity contribution in [2.24, 2.45) is 7.05 Å². The van der Waals surface area contributed by atoms with E-state index in [1.807, 2.05) is 44.4 Å². The number of fused-ring (bicyclic) bond motifs is 1. The normalized spacial score (nSPS) is 12.3. The first kappa shape index (κ1) is 17.8. The first-order chi connectivity index (χ1) is 12.5. The molecule has 3 aromatic rings. The molecule has 2 aromatic carbocycles. The van der Waals surface area contributed by atoms with Gasteiger partial charge in [0.05, 0.1) is 11.4 Å². The van der Waals surface area contributed by atoms with E-state index in [4.69, 9.17) is 0 Å². The highest BCUT2D eigenvalue weighted by Gasteiger charge is 2.19. The SMILES string of the molecule is CN(C)[C@H](CNC(=O)c1nn(C)c(=O)c2ccccc12)c1ccccc1. The van der Waals surface area contributed by atoms with E-state index >= 15 is 0 Å². The molecular weight excluding hydrogens is 328 g/mol. The molecule has 6 nitrogen and oxygen atoms in total. The molecule has 1 amide bonds. The van der Waals surface area contributed by atoms with E-state index in [0.29, 0.717) is 17.3 Å². The average Bonchev–Trinajstić information content (AvgIpc) is 2.65. The van der Waals surface area contributed by atoms with Gasteiger partial charge >= 0.3 is 0 Å². The van der Waals surface area contributed by atoms with Gasteiger partial charge in [0.2, 0.25) is 0 Å². The standard InChI is InChI=1S/C20H22N4O2/c1-23(2)17(14-9-5-4-6-10-14)13-21-19(25)18-15-11-7-8-12-16(15)20(26)24(3)22-18/h4-12,17H,13H2,1-3H3,(H,21,25)/t17-/m1/s1. The van der Waals surface area contributed by atoms with E-state index in [-0.39, 0.29) is 23.2 Å². The van der Waals surface area contributed by atoms with Crippen LogP contribution in [0.25, 0.3) is 10.8 Å². The predicted octanol–water partition coefficient (Wildman–Crippen LogP) is 1.97. The van der Waals surface area contributed by atoms with Crippen molar-refractivity contribution in [1.29, 1.82) is 0 Å². The third-order valence-electron chi connectivity index (χ3n) is 4.44. The third kappa shape index (κ3) is 3.50. The van der Waals surface area contributed by atoms with Gasteiger partial charge in [-0.2, -0.15) is 5.10 Å². The Kier molecular flexibility index (Phi) is 5.14. The van der Waals surface area contributed by atoms with Gasteiger partial charge in [-0.3, -0.25) is 9.59 Å². The van der Waals surface area contributed by atoms with E-state index in [1.165, 1.54) is 4.68 Å². The number of likely N-dealkylation sites (N-methyl/N-ethyl adjacent to an activating group) is 1. The number of carbonyl (C=O) groups excluding carboxylic acids is 1. The van der Waals surface area contributed by atoms with Crippen LogP contribution in [0.2, 0.25) is 0 Å². The highest BCUT2D eigenvalue weighted by molar-refractivity contribution is 6.04. The molecule has 1 aromatic heterocycles. The topological polar surface area (TPSA) is 67.2 Å². The van der Waals surface area contributed by atoms with Crippen LogP contribution < -0.4 is 10.9 Å². The minimum absolute atomic E-state index is 0.0407. The van der Waals surface area contributed by atoms with E-state index in [0.717, 1.165) is 5.56 Å². The predicted molar refractivity (Wildman–Crippen MR) is 102 cm³/mol. The molecule has 0 bridgehead atoms. The molecular formula is C20H22N4O2. The minimum atomic E-state index is -0.292. The molecule has 26 heavy (non-hydrogen) atoms. The zero-order chi connectivity index (χ0) is 18.7. The number of aromatic nitrogens is 2. The van der Waals surface area contributed by atoms with Gasteiger partial charge in [0.25, 0.3) is 11.5 Å². The Labute approximate surface area is 152 Å². The van der Waals surface area contributed by atoms with Gasteiger partial charge in [-0.05, 0) is 25.7 Å². The number of aryl methyl sites for hydroxylation is 1. The Balaban J connectivity index is 1.88. The maximum absolute atomic E-state index is 12.8. The second-order valence-corrected chi connectivity index (χ2v) is 6.42. The summed E-state index contributed by atoms with van der Waals surface area (Å²) in [6, 6.07) is 17.1. The summed E-state index contributed by atoms with van der Waals surface area (Å²) in [6.07, 6.45) is 0. The van der Waals surface area contributed by atoms with Crippen molar-refractivity contribution in [3.8, 4) is 0 Å². The molecule has 0 aliphatic rings. The molecule has 0 fully saturated rings. The smallest absolute Gasteiger partial charge is 0.274 e. The Morgan fingerprint density at radius 3 is 2.35 bits per heavy atom. The molecule has 134 valence electrons. The monoisotopic (exact) mass is 350 g/mol. The Hall–Kier alpha value is -2.99. The molecule has 0 aliphatic carbocycles. The molecule has 1 N–H and O–H groups in total. The second-order valence-electron chi connectivity index (χ2n) is 6.42. The van der Waals surface area contributed by atoms with Crippen LogP contribution in [-0.4, -0.2) is 41.2 Å². The van der Waals surface area contributed by atoms with Gasteiger partial charge in [0.1, 0.15) is 0 Å². The van der Waals surface area contributed by atoms with Crippen LogP contribution >= 0.6 is 0 Å². The van der Waals surface area contributed by atoms with Gasteiger partial charge in [-0.25, -0.2) is 4.68 Å². The fraction of sp³-hybridized carbons (Fsp3) is 0.250. The van der Waals surface area contributed by atoms with Gasteiger partial charge in [0.15, 0.2) is 5.69 Å². The summed E-state index contributed by atoms with van der Waals surface area (Å²) < 4.78 is 1.21. The van der Waals surface area contributed by atoms with E-state index < -0.39 is 0 Å². The Morgan fingerprint density at radius 1 is 1.08 bits per heavy atom. The number of hydrogen-bond donors (Lipinski definition) is 1. The van der Waals surface area contributed by atoms with Crippen LogP contribution in [0.15, 0.2) is 59.4 Å². The van der Waals surface area contributed by atoms with Crippen molar-refractivity contribution in [3.63, 3.8) is 0 Å². The van der Waals surface area contributed by atoms with Crippen LogP contribution in [0, 0.1) is 0 Å². The molecule has 0 saturated carbocycles. The molecule has 0 aliphatic heterocycles. The second kappa shape index (κ2) is 7.49. The maximum Gasteiger partial charge on any atom is 0.274 e. The summed E-state index contributed by atoms with van der Waals surface area (Å²) >= 11 is 0. The van der Waals surface area contributed by atoms with Crippen molar-refractivity contribution in [3.05, 3.63) is 76.2 Å². The lowest BCUT2D eigenvalue weighted by Gasteiger charge is -2.25. The van der Waals surface area contributed by atoms with Gasteiger partial charge in [-0.15, -0.1) is 0 Å². The van der Waals surface area contributed by atoms with E-state index in [9.17, 15) is 9.59 Å². The van der Waals surface area contributed by atoms with Gasteiger partial charge in [-0.1, -0.05) is 48.5 Å². The zero-order valence-electron chi connectivity index (χ0n) is 15.1. The fourth-order valence-electron chi connectivity index (χ4n) is 3.01. The number of carbonyl (C=O) groups is 1. The lowest BCUT2D eigenvalue weighted by Crippen LogP contribution is -2.36. The largest absolute Gasteiger partial charge is 0.349 e. The van der Waals surface area contributed by atoms with Crippen molar-refractivity contribution in [1.82, 2.24) is 20.0 Å². The summed E-state index contributed by atoms with van der Waals surface area (Å²) in [5.74, 6) is -0.292. The average molecular weight is 350 g/mol. The number of amides is 1. The minimum Gasteiger partial charge on any atom is -0.349 e. The summed E-state index contributed by atoms with van der Waals surface area (Å²) in [7, 11) is 5.51. The lowest BCUT2D eigenvalue weighted by molar-refractivity contribution is 0.0936. The molecule has 1 atom stereocenters. The Bertz CT molecular complexity index is 980. The molecule has 0 unspecified atom stereocenters. The summed E-state index contributed by atoms with van der Waals surface area (Å²) in [5, 5.41) is 8.19. The van der Waals surface area contributed by atoms with Crippen LogP contribution in [0.5, 0.6) is 0 Å². The number of benzene rings is 2. The first-order valence-electron chi connectivity index (χ1n) is 8.44. The molecule has 0 spiro atoms. The van der Waals surface area contributed by atoms with Gasteiger partial charge < -0.3 is 10.2 Å². The molecule has 3 rings (SSSR count). The summed E-state index contributed by atoms with van der Waals surface area (Å²) in [4.78, 5) is 27.0. The van der Waals surface area contributed by atoms with Crippen molar-refractivity contribution in [2.75, 3.05) is 20.6 Å². The molecule has 1 heterocycles. The number of hydrogen-bond acceptors (Lipinski definition) is 4. The first-order valence-corrected chi connectivity index (χ1v) is 8.44. The van der Waals surface area contributed by atoms with Crippen LogP contribution in [0.4, 0.5) is 0 Å². The fourth-order valence-corrected chi connectivity index (χ4v) is 3.01. The lowest BCUT2D eigenvalue weighted by atomic mass is 10.1. The molecule has 0 radical (unpaired) electrons. The highest BCUT2D eigenvalue weighted by Crippen LogP contribution is 2.17. The quantitative estimate of drug-likeness (QED) is 0.764. The zero-order valence-corrected chi connectivity index (χ0v) is 15.1. The van der Waals surface area contributed by atoms with Crippen LogP contribution in [-0.2, 0) is 7.05 Å². The third-order valence-corrected chi connectivity index (χ3v) is 4.44. The number of nitrogens with one attached hydrogen (secondary N) is 1. The Morgan fingerprint density at radius 2 is 1.69 bits per heavy atom. The van der Waals surface area contributed by atoms with Crippen LogP contribution in [0.3, 0.4) is 0 Å². The maximum atomic E-state index is 12.8.